The van der Waals surface area contributed by atoms with Crippen LogP contribution in [0.25, 0.3) is 0 Å². The van der Waals surface area contributed by atoms with Gasteiger partial charge in [0.05, 0.1) is 12.7 Å². The molecule has 0 aromatic carbocycles. The maximum absolute atomic E-state index is 9.77. The molecule has 0 radical (unpaired) electrons. The van der Waals surface area contributed by atoms with Gasteiger partial charge in [0.15, 0.2) is 0 Å². The highest BCUT2D eigenvalue weighted by Gasteiger charge is 1.99. The van der Waals surface area contributed by atoms with Crippen molar-refractivity contribution >= 4 is 6.29 Å². The molecule has 1 unspecified atom stereocenters. The zero-order valence-electron chi connectivity index (χ0n) is 6.08. The van der Waals surface area contributed by atoms with Crippen LogP contribution in [-0.2, 0) is 14.3 Å². The third-order valence-corrected chi connectivity index (χ3v) is 1.03. The molecular weight excluding hydrogens is 132 g/mol. The van der Waals surface area contributed by atoms with Gasteiger partial charge >= 0.3 is 0 Å². The van der Waals surface area contributed by atoms with E-state index in [0.29, 0.717) is 12.9 Å². The van der Waals surface area contributed by atoms with E-state index in [2.05, 4.69) is 6.58 Å². The Labute approximate surface area is 60.6 Å². The van der Waals surface area contributed by atoms with Gasteiger partial charge in [-0.2, -0.15) is 0 Å². The Hall–Kier alpha value is -0.670. The monoisotopic (exact) mass is 144 g/mol. The molecule has 0 bridgehead atoms. The quantitative estimate of drug-likeness (QED) is 0.307. The van der Waals surface area contributed by atoms with E-state index in [9.17, 15) is 4.79 Å². The van der Waals surface area contributed by atoms with E-state index in [-0.39, 0.29) is 12.7 Å². The first kappa shape index (κ1) is 9.33. The first-order valence-corrected chi connectivity index (χ1v) is 3.02. The Bertz CT molecular complexity index is 101. The Morgan fingerprint density at radius 1 is 1.70 bits per heavy atom. The average Bonchev–Trinajstić information content (AvgIpc) is 1.99. The zero-order chi connectivity index (χ0) is 7.82. The minimum Gasteiger partial charge on any atom is -0.375 e. The van der Waals surface area contributed by atoms with Gasteiger partial charge in [-0.3, -0.25) is 0 Å². The lowest BCUT2D eigenvalue weighted by atomic mass is 10.4. The Kier molecular flexibility index (Phi) is 6.02. The minimum absolute atomic E-state index is 0.111. The van der Waals surface area contributed by atoms with Crippen LogP contribution >= 0.6 is 0 Å². The van der Waals surface area contributed by atoms with Crippen molar-refractivity contribution in [3.8, 4) is 0 Å². The summed E-state index contributed by atoms with van der Waals surface area (Å²) in [5, 5.41) is 0. The van der Waals surface area contributed by atoms with E-state index in [4.69, 9.17) is 9.47 Å². The maximum atomic E-state index is 9.77. The first-order valence-electron chi connectivity index (χ1n) is 3.02. The summed E-state index contributed by atoms with van der Waals surface area (Å²) >= 11 is 0. The second-order valence-electron chi connectivity index (χ2n) is 1.71. The molecule has 58 valence electrons. The van der Waals surface area contributed by atoms with Crippen molar-refractivity contribution in [1.82, 2.24) is 0 Å². The van der Waals surface area contributed by atoms with Crippen LogP contribution < -0.4 is 0 Å². The number of carbonyl (C=O) groups excluding carboxylic acids is 1. The molecule has 0 rings (SSSR count). The van der Waals surface area contributed by atoms with Gasteiger partial charge in [0.1, 0.15) is 12.9 Å². The largest absolute Gasteiger partial charge is 0.375 e. The fourth-order valence-electron chi connectivity index (χ4n) is 0.465. The first-order chi connectivity index (χ1) is 4.85. The highest BCUT2D eigenvalue weighted by atomic mass is 16.5. The van der Waals surface area contributed by atoms with Crippen molar-refractivity contribution in [2.75, 3.05) is 20.3 Å². The molecule has 0 aliphatic carbocycles. The number of rotatable bonds is 6. The molecule has 0 aliphatic heterocycles. The van der Waals surface area contributed by atoms with Gasteiger partial charge < -0.3 is 14.3 Å². The number of aldehydes is 1. The van der Waals surface area contributed by atoms with E-state index in [1.54, 1.807) is 13.2 Å². The molecule has 3 heteroatoms. The van der Waals surface area contributed by atoms with E-state index in [0.717, 1.165) is 0 Å². The van der Waals surface area contributed by atoms with Crippen LogP contribution in [0.4, 0.5) is 0 Å². The van der Waals surface area contributed by atoms with Crippen molar-refractivity contribution in [1.29, 1.82) is 0 Å². The summed E-state index contributed by atoms with van der Waals surface area (Å²) < 4.78 is 9.75. The smallest absolute Gasteiger partial charge is 0.145 e. The summed E-state index contributed by atoms with van der Waals surface area (Å²) in [5.41, 5.74) is 0. The molecule has 0 aliphatic rings. The van der Waals surface area contributed by atoms with Gasteiger partial charge in [-0.05, 0) is 0 Å². The van der Waals surface area contributed by atoms with Crippen LogP contribution in [0.1, 0.15) is 0 Å². The summed E-state index contributed by atoms with van der Waals surface area (Å²) in [6.45, 7) is 4.02. The van der Waals surface area contributed by atoms with Crippen molar-refractivity contribution in [2.24, 2.45) is 0 Å². The molecule has 0 aromatic heterocycles. The lowest BCUT2D eigenvalue weighted by Crippen LogP contribution is -2.15. The molecule has 0 N–H and O–H groups in total. The van der Waals surface area contributed by atoms with Crippen molar-refractivity contribution in [2.45, 2.75) is 6.10 Å². The molecule has 0 spiro atoms. The standard InChI is InChI=1S/C7H12O3/c1-3-7(9-2)6-10-5-4-8/h3-4,7H,1,5-6H2,2H3. The van der Waals surface area contributed by atoms with E-state index >= 15 is 0 Å². The summed E-state index contributed by atoms with van der Waals surface area (Å²) in [4.78, 5) is 9.77. The SMILES string of the molecule is C=CC(COCC=O)OC. The van der Waals surface area contributed by atoms with Gasteiger partial charge in [0.2, 0.25) is 0 Å². The molecule has 0 saturated heterocycles. The molecule has 3 nitrogen and oxygen atoms in total. The lowest BCUT2D eigenvalue weighted by molar-refractivity contribution is -0.112. The van der Waals surface area contributed by atoms with Crippen molar-refractivity contribution < 1.29 is 14.3 Å². The summed E-state index contributed by atoms with van der Waals surface area (Å²) in [6.07, 6.45) is 2.22. The van der Waals surface area contributed by atoms with Gasteiger partial charge in [-0.1, -0.05) is 6.08 Å². The van der Waals surface area contributed by atoms with Crippen LogP contribution in [0.3, 0.4) is 0 Å². The van der Waals surface area contributed by atoms with Gasteiger partial charge in [-0.25, -0.2) is 0 Å². The predicted octanol–water partition coefficient (Wildman–Crippen LogP) is 0.403. The van der Waals surface area contributed by atoms with Gasteiger partial charge in [0, 0.05) is 7.11 Å². The predicted molar refractivity (Wildman–Crippen MR) is 37.9 cm³/mol. The molecule has 0 heterocycles. The van der Waals surface area contributed by atoms with Crippen LogP contribution in [0.2, 0.25) is 0 Å². The number of carbonyl (C=O) groups is 1. The lowest BCUT2D eigenvalue weighted by Gasteiger charge is -2.08. The second kappa shape index (κ2) is 6.45. The Morgan fingerprint density at radius 2 is 2.40 bits per heavy atom. The molecule has 0 aromatic rings. The van der Waals surface area contributed by atoms with E-state index < -0.39 is 0 Å². The normalized spacial score (nSPS) is 12.5. The Morgan fingerprint density at radius 3 is 2.80 bits per heavy atom. The average molecular weight is 144 g/mol. The Balaban J connectivity index is 3.25. The van der Waals surface area contributed by atoms with Crippen LogP contribution in [0.5, 0.6) is 0 Å². The highest BCUT2D eigenvalue weighted by molar-refractivity contribution is 5.50. The fourth-order valence-corrected chi connectivity index (χ4v) is 0.465. The van der Waals surface area contributed by atoms with Crippen molar-refractivity contribution in [3.05, 3.63) is 12.7 Å². The molecule has 10 heavy (non-hydrogen) atoms. The molecule has 1 atom stereocenters. The molecule has 0 saturated carbocycles. The molecular formula is C7H12O3. The van der Waals surface area contributed by atoms with Crippen LogP contribution in [0, 0.1) is 0 Å². The second-order valence-corrected chi connectivity index (χ2v) is 1.71. The van der Waals surface area contributed by atoms with E-state index in [1.165, 1.54) is 0 Å². The number of methoxy groups -OCH3 is 1. The molecule has 0 fully saturated rings. The summed E-state index contributed by atoms with van der Waals surface area (Å²) in [5.74, 6) is 0. The molecule has 0 amide bonds. The zero-order valence-corrected chi connectivity index (χ0v) is 6.08. The summed E-state index contributed by atoms with van der Waals surface area (Å²) in [7, 11) is 1.57. The van der Waals surface area contributed by atoms with Crippen molar-refractivity contribution in [3.63, 3.8) is 0 Å². The maximum Gasteiger partial charge on any atom is 0.145 e. The summed E-state index contributed by atoms with van der Waals surface area (Å²) in [6, 6.07) is 0. The number of hydrogen-bond acceptors (Lipinski definition) is 3. The third kappa shape index (κ3) is 4.23. The van der Waals surface area contributed by atoms with Gasteiger partial charge in [0.25, 0.3) is 0 Å². The minimum atomic E-state index is -0.111. The van der Waals surface area contributed by atoms with E-state index in [1.807, 2.05) is 0 Å². The van der Waals surface area contributed by atoms with Gasteiger partial charge in [-0.15, -0.1) is 6.58 Å². The fraction of sp³-hybridized carbons (Fsp3) is 0.571. The topological polar surface area (TPSA) is 35.5 Å². The third-order valence-electron chi connectivity index (χ3n) is 1.03. The number of ether oxygens (including phenoxy) is 2. The highest BCUT2D eigenvalue weighted by Crippen LogP contribution is 1.90. The van der Waals surface area contributed by atoms with Crippen LogP contribution in [-0.4, -0.2) is 32.7 Å². The van der Waals surface area contributed by atoms with Crippen LogP contribution in [0.15, 0.2) is 12.7 Å². The number of hydrogen-bond donors (Lipinski definition) is 0.